The fourth-order valence-electron chi connectivity index (χ4n) is 2.97. The highest BCUT2D eigenvalue weighted by Crippen LogP contribution is 2.43. The van der Waals surface area contributed by atoms with Crippen molar-refractivity contribution < 1.29 is 13.2 Å². The first-order valence-electron chi connectivity index (χ1n) is 7.66. The molecule has 2 aromatic rings. The zero-order valence-corrected chi connectivity index (χ0v) is 17.3. The van der Waals surface area contributed by atoms with E-state index in [1.807, 2.05) is 0 Å². The summed E-state index contributed by atoms with van der Waals surface area (Å²) < 4.78 is 32.0. The molecule has 1 aliphatic rings. The van der Waals surface area contributed by atoms with Crippen LogP contribution in [0.1, 0.15) is 31.6 Å². The monoisotopic (exact) mass is 463 g/mol. The predicted octanol–water partition coefficient (Wildman–Crippen LogP) is 5.24. The molecule has 1 saturated heterocycles. The summed E-state index contributed by atoms with van der Waals surface area (Å²) in [6, 6.07) is 8.08. The summed E-state index contributed by atoms with van der Waals surface area (Å²) in [6.07, 6.45) is 1.82. The zero-order chi connectivity index (χ0) is 18.2. The van der Waals surface area contributed by atoms with E-state index < -0.39 is 20.7 Å². The SMILES string of the molecule is CC1(S(=O)(=O)c2cccc(Cl)c2)CCOC(c2ncc(Br)cc2Cl)C1. The Hall–Kier alpha value is -0.660. The molecule has 0 bridgehead atoms. The standard InChI is InChI=1S/C17H16BrCl2NO3S/c1-17(25(22,23)13-4-2-3-12(19)8-13)5-6-24-15(9-17)16-14(20)7-11(18)10-21-16/h2-4,7-8,10,15H,5-6,9H2,1H3. The molecule has 0 aliphatic carbocycles. The van der Waals surface area contributed by atoms with Crippen LogP contribution in [0.5, 0.6) is 0 Å². The van der Waals surface area contributed by atoms with Crippen LogP contribution in [-0.4, -0.2) is 24.8 Å². The molecule has 25 heavy (non-hydrogen) atoms. The van der Waals surface area contributed by atoms with Gasteiger partial charge in [-0.2, -0.15) is 0 Å². The first kappa shape index (κ1) is 19.1. The molecule has 0 spiro atoms. The van der Waals surface area contributed by atoms with E-state index in [0.717, 1.165) is 4.47 Å². The van der Waals surface area contributed by atoms with E-state index in [9.17, 15) is 8.42 Å². The van der Waals surface area contributed by atoms with E-state index in [0.29, 0.717) is 28.8 Å². The summed E-state index contributed by atoms with van der Waals surface area (Å²) in [6.45, 7) is 2.06. The highest BCUT2D eigenvalue weighted by Gasteiger charge is 2.45. The minimum absolute atomic E-state index is 0.220. The van der Waals surface area contributed by atoms with Crippen molar-refractivity contribution in [2.45, 2.75) is 35.5 Å². The highest BCUT2D eigenvalue weighted by molar-refractivity contribution is 9.10. The molecule has 1 aromatic heterocycles. The number of rotatable bonds is 3. The summed E-state index contributed by atoms with van der Waals surface area (Å²) in [4.78, 5) is 4.54. The number of halogens is 3. The van der Waals surface area contributed by atoms with Crippen molar-refractivity contribution in [3.05, 3.63) is 56.7 Å². The van der Waals surface area contributed by atoms with Crippen LogP contribution in [0.2, 0.25) is 10.0 Å². The third kappa shape index (κ3) is 3.74. The third-order valence-corrected chi connectivity index (χ3v) is 7.98. The second kappa shape index (κ2) is 7.16. The van der Waals surface area contributed by atoms with Gasteiger partial charge in [0.25, 0.3) is 0 Å². The Balaban J connectivity index is 1.96. The van der Waals surface area contributed by atoms with Crippen molar-refractivity contribution in [3.63, 3.8) is 0 Å². The lowest BCUT2D eigenvalue weighted by Crippen LogP contribution is -2.42. The van der Waals surface area contributed by atoms with Crippen molar-refractivity contribution in [2.24, 2.45) is 0 Å². The third-order valence-electron chi connectivity index (χ3n) is 4.46. The molecular weight excluding hydrogens is 449 g/mol. The molecule has 0 saturated carbocycles. The van der Waals surface area contributed by atoms with Gasteiger partial charge in [0.1, 0.15) is 6.10 Å². The second-order valence-electron chi connectivity index (χ2n) is 6.24. The molecule has 2 heterocycles. The number of benzene rings is 1. The van der Waals surface area contributed by atoms with Crippen molar-refractivity contribution in [1.29, 1.82) is 0 Å². The van der Waals surface area contributed by atoms with E-state index >= 15 is 0 Å². The van der Waals surface area contributed by atoms with E-state index in [2.05, 4.69) is 20.9 Å². The molecule has 1 fully saturated rings. The Morgan fingerprint density at radius 1 is 1.32 bits per heavy atom. The Bertz CT molecular complexity index is 907. The van der Waals surface area contributed by atoms with Crippen molar-refractivity contribution >= 4 is 49.0 Å². The lowest BCUT2D eigenvalue weighted by atomic mass is 9.94. The normalized spacial score (nSPS) is 24.2. The van der Waals surface area contributed by atoms with Gasteiger partial charge < -0.3 is 4.74 Å². The van der Waals surface area contributed by atoms with Crippen molar-refractivity contribution in [3.8, 4) is 0 Å². The average molecular weight is 465 g/mol. The van der Waals surface area contributed by atoms with E-state index in [1.54, 1.807) is 37.4 Å². The predicted molar refractivity (Wildman–Crippen MR) is 102 cm³/mol. The second-order valence-corrected chi connectivity index (χ2v) is 10.5. The smallest absolute Gasteiger partial charge is 0.184 e. The quantitative estimate of drug-likeness (QED) is 0.623. The zero-order valence-electron chi connectivity index (χ0n) is 13.4. The Labute approximate surface area is 165 Å². The Kier molecular flexibility index (Phi) is 5.47. The number of nitrogens with zero attached hydrogens (tertiary/aromatic N) is 1. The summed E-state index contributed by atoms with van der Waals surface area (Å²) in [5, 5.41) is 0.842. The van der Waals surface area contributed by atoms with E-state index in [4.69, 9.17) is 27.9 Å². The molecule has 0 amide bonds. The van der Waals surface area contributed by atoms with Gasteiger partial charge in [0.2, 0.25) is 0 Å². The van der Waals surface area contributed by atoms with Crippen LogP contribution < -0.4 is 0 Å². The van der Waals surface area contributed by atoms with Crippen LogP contribution in [0.15, 0.2) is 45.9 Å². The largest absolute Gasteiger partial charge is 0.372 e. The van der Waals surface area contributed by atoms with Gasteiger partial charge in [-0.1, -0.05) is 29.3 Å². The fraction of sp³-hybridized carbons (Fsp3) is 0.353. The lowest BCUT2D eigenvalue weighted by molar-refractivity contribution is -0.00212. The number of hydrogen-bond acceptors (Lipinski definition) is 4. The van der Waals surface area contributed by atoms with Crippen molar-refractivity contribution in [2.75, 3.05) is 6.61 Å². The van der Waals surface area contributed by atoms with Crippen LogP contribution in [0.3, 0.4) is 0 Å². The van der Waals surface area contributed by atoms with Gasteiger partial charge in [0.15, 0.2) is 9.84 Å². The maximum Gasteiger partial charge on any atom is 0.184 e. The Morgan fingerprint density at radius 3 is 2.76 bits per heavy atom. The van der Waals surface area contributed by atoms with Crippen LogP contribution in [0, 0.1) is 0 Å². The first-order valence-corrected chi connectivity index (χ1v) is 10.7. The molecule has 4 nitrogen and oxygen atoms in total. The van der Waals surface area contributed by atoms with Crippen LogP contribution in [0.25, 0.3) is 0 Å². The minimum Gasteiger partial charge on any atom is -0.372 e. The van der Waals surface area contributed by atoms with Crippen molar-refractivity contribution in [1.82, 2.24) is 4.98 Å². The van der Waals surface area contributed by atoms with Gasteiger partial charge in [-0.15, -0.1) is 0 Å². The summed E-state index contributed by atoms with van der Waals surface area (Å²) in [7, 11) is -3.59. The van der Waals surface area contributed by atoms with Gasteiger partial charge in [0.05, 0.1) is 20.4 Å². The molecule has 2 unspecified atom stereocenters. The van der Waals surface area contributed by atoms with Crippen LogP contribution >= 0.6 is 39.1 Å². The van der Waals surface area contributed by atoms with E-state index in [-0.39, 0.29) is 11.3 Å². The summed E-state index contributed by atoms with van der Waals surface area (Å²) in [5.41, 5.74) is 0.553. The maximum atomic E-state index is 13.2. The fourth-order valence-corrected chi connectivity index (χ4v) is 5.81. The molecular formula is C17H16BrCl2NO3S. The molecule has 3 rings (SSSR count). The number of ether oxygens (including phenoxy) is 1. The van der Waals surface area contributed by atoms with Gasteiger partial charge in [0, 0.05) is 22.3 Å². The molecule has 2 atom stereocenters. The van der Waals surface area contributed by atoms with Crippen LogP contribution in [-0.2, 0) is 14.6 Å². The van der Waals surface area contributed by atoms with Gasteiger partial charge in [-0.3, -0.25) is 4.98 Å². The molecule has 0 radical (unpaired) electrons. The summed E-state index contributed by atoms with van der Waals surface area (Å²) in [5.74, 6) is 0. The number of aromatic nitrogens is 1. The van der Waals surface area contributed by atoms with Gasteiger partial charge in [-0.05, 0) is 60.0 Å². The highest BCUT2D eigenvalue weighted by atomic mass is 79.9. The van der Waals surface area contributed by atoms with Gasteiger partial charge in [-0.25, -0.2) is 8.42 Å². The maximum absolute atomic E-state index is 13.2. The minimum atomic E-state index is -3.59. The first-order chi connectivity index (χ1) is 11.7. The van der Waals surface area contributed by atoms with Gasteiger partial charge >= 0.3 is 0 Å². The molecule has 134 valence electrons. The van der Waals surface area contributed by atoms with E-state index in [1.165, 1.54) is 6.07 Å². The molecule has 0 N–H and O–H groups in total. The van der Waals surface area contributed by atoms with Crippen LogP contribution in [0.4, 0.5) is 0 Å². The Morgan fingerprint density at radius 2 is 2.08 bits per heavy atom. The topological polar surface area (TPSA) is 56.3 Å². The molecule has 1 aliphatic heterocycles. The lowest BCUT2D eigenvalue weighted by Gasteiger charge is -2.37. The molecule has 8 heteroatoms. The number of hydrogen-bond donors (Lipinski definition) is 0. The molecule has 1 aromatic carbocycles. The number of sulfone groups is 1. The number of pyridine rings is 1. The summed E-state index contributed by atoms with van der Waals surface area (Å²) >= 11 is 15.6. The average Bonchev–Trinajstić information content (AvgIpc) is 2.54.